The maximum Gasteiger partial charge on any atom is 0.331 e. The normalized spacial score (nSPS) is 12.1. The summed E-state index contributed by atoms with van der Waals surface area (Å²) in [7, 11) is 4.45. The maximum absolute atomic E-state index is 12.0. The Morgan fingerprint density at radius 1 is 1.00 bits per heavy atom. The van der Waals surface area contributed by atoms with Crippen LogP contribution < -0.4 is 24.8 Å². The van der Waals surface area contributed by atoms with Gasteiger partial charge in [0.25, 0.3) is 5.91 Å². The third-order valence-electron chi connectivity index (χ3n) is 3.49. The fraction of sp³-hybridized carbons (Fsp3) is 0.450. The lowest BCUT2D eigenvalue weighted by atomic mass is 10.1. The number of nitrogens with one attached hydrogen (secondary N) is 2. The molecular formula is C20H28N2O7. The van der Waals surface area contributed by atoms with E-state index in [2.05, 4.69) is 10.6 Å². The Kier molecular flexibility index (Phi) is 8.50. The summed E-state index contributed by atoms with van der Waals surface area (Å²) in [5.74, 6) is -0.206. The van der Waals surface area contributed by atoms with Gasteiger partial charge in [0.2, 0.25) is 5.75 Å². The van der Waals surface area contributed by atoms with Crippen molar-refractivity contribution in [1.82, 2.24) is 10.6 Å². The topological polar surface area (TPSA) is 112 Å². The molecular weight excluding hydrogens is 380 g/mol. The van der Waals surface area contributed by atoms with Crippen molar-refractivity contribution in [2.45, 2.75) is 39.3 Å². The zero-order valence-electron chi connectivity index (χ0n) is 17.7. The monoisotopic (exact) mass is 408 g/mol. The van der Waals surface area contributed by atoms with Gasteiger partial charge >= 0.3 is 12.0 Å². The van der Waals surface area contributed by atoms with E-state index in [-0.39, 0.29) is 0 Å². The molecule has 0 fully saturated rings. The van der Waals surface area contributed by atoms with E-state index in [0.717, 1.165) is 6.08 Å². The van der Waals surface area contributed by atoms with Gasteiger partial charge in [0, 0.05) is 11.6 Å². The Morgan fingerprint density at radius 2 is 1.55 bits per heavy atom. The maximum atomic E-state index is 12.0. The number of hydrogen-bond acceptors (Lipinski definition) is 7. The Hall–Kier alpha value is -3.23. The van der Waals surface area contributed by atoms with Crippen molar-refractivity contribution in [2.75, 3.05) is 21.3 Å². The van der Waals surface area contributed by atoms with Crippen molar-refractivity contribution in [3.05, 3.63) is 23.8 Å². The molecule has 29 heavy (non-hydrogen) atoms. The third-order valence-corrected chi connectivity index (χ3v) is 3.49. The Balaban J connectivity index is 2.75. The summed E-state index contributed by atoms with van der Waals surface area (Å²) in [5.41, 5.74) is 0.0890. The van der Waals surface area contributed by atoms with Crippen LogP contribution in [0.2, 0.25) is 0 Å². The van der Waals surface area contributed by atoms with Gasteiger partial charge < -0.3 is 24.3 Å². The first-order valence-electron chi connectivity index (χ1n) is 8.82. The first kappa shape index (κ1) is 23.8. The van der Waals surface area contributed by atoms with Gasteiger partial charge in [-0.3, -0.25) is 10.1 Å². The molecule has 2 N–H and O–H groups in total. The second-order valence-electron chi connectivity index (χ2n) is 7.06. The molecule has 9 nitrogen and oxygen atoms in total. The molecule has 0 saturated carbocycles. The lowest BCUT2D eigenvalue weighted by molar-refractivity contribution is -0.149. The fourth-order valence-electron chi connectivity index (χ4n) is 2.21. The van der Waals surface area contributed by atoms with Crippen LogP contribution in [0.1, 0.15) is 33.3 Å². The largest absolute Gasteiger partial charge is 0.493 e. The van der Waals surface area contributed by atoms with Crippen LogP contribution in [0, 0.1) is 0 Å². The van der Waals surface area contributed by atoms with E-state index < -0.39 is 29.6 Å². The predicted molar refractivity (Wildman–Crippen MR) is 107 cm³/mol. The second-order valence-corrected chi connectivity index (χ2v) is 7.06. The van der Waals surface area contributed by atoms with Crippen molar-refractivity contribution in [3.63, 3.8) is 0 Å². The summed E-state index contributed by atoms with van der Waals surface area (Å²) in [5, 5.41) is 4.70. The van der Waals surface area contributed by atoms with E-state index in [1.165, 1.54) is 34.3 Å². The number of carbonyl (C=O) groups is 3. The minimum absolute atomic E-state index is 0.425. The number of rotatable bonds is 7. The zero-order valence-corrected chi connectivity index (χ0v) is 17.7. The van der Waals surface area contributed by atoms with Gasteiger partial charge in [-0.15, -0.1) is 0 Å². The van der Waals surface area contributed by atoms with Crippen molar-refractivity contribution in [3.8, 4) is 17.2 Å². The molecule has 0 saturated heterocycles. The van der Waals surface area contributed by atoms with Gasteiger partial charge in [0.05, 0.1) is 21.3 Å². The summed E-state index contributed by atoms with van der Waals surface area (Å²) >= 11 is 0. The molecule has 0 spiro atoms. The van der Waals surface area contributed by atoms with E-state index in [1.54, 1.807) is 32.9 Å². The van der Waals surface area contributed by atoms with Gasteiger partial charge in [0.1, 0.15) is 0 Å². The van der Waals surface area contributed by atoms with Gasteiger partial charge in [-0.1, -0.05) is 0 Å². The molecule has 3 amide bonds. The number of esters is 1. The second kappa shape index (κ2) is 10.4. The molecule has 0 aromatic heterocycles. The SMILES string of the molecule is COc1cc(/C=C/C(=O)OC(C)C(=O)NC(=O)NC(C)(C)C)cc(OC)c1OC. The highest BCUT2D eigenvalue weighted by molar-refractivity contribution is 5.98. The molecule has 1 aromatic carbocycles. The molecule has 0 radical (unpaired) electrons. The van der Waals surface area contributed by atoms with Gasteiger partial charge in [-0.05, 0) is 51.5 Å². The number of imide groups is 1. The number of hydrogen-bond donors (Lipinski definition) is 2. The average molecular weight is 408 g/mol. The number of benzene rings is 1. The highest BCUT2D eigenvalue weighted by Gasteiger charge is 2.21. The highest BCUT2D eigenvalue weighted by atomic mass is 16.5. The molecule has 0 bridgehead atoms. The highest BCUT2D eigenvalue weighted by Crippen LogP contribution is 2.38. The number of carbonyl (C=O) groups excluding carboxylic acids is 3. The molecule has 0 aliphatic heterocycles. The molecule has 0 aliphatic carbocycles. The number of urea groups is 1. The van der Waals surface area contributed by atoms with Crippen LogP contribution >= 0.6 is 0 Å². The first-order chi connectivity index (χ1) is 13.5. The lowest BCUT2D eigenvalue weighted by Gasteiger charge is -2.21. The predicted octanol–water partition coefficient (Wildman–Crippen LogP) is 2.28. The molecule has 1 atom stereocenters. The Morgan fingerprint density at radius 3 is 2.00 bits per heavy atom. The third kappa shape index (κ3) is 7.73. The lowest BCUT2D eigenvalue weighted by Crippen LogP contribution is -2.50. The quantitative estimate of drug-likeness (QED) is 0.526. The van der Waals surface area contributed by atoms with Crippen molar-refractivity contribution >= 4 is 24.0 Å². The summed E-state index contributed by atoms with van der Waals surface area (Å²) in [6, 6.07) is 2.63. The smallest absolute Gasteiger partial charge is 0.331 e. The van der Waals surface area contributed by atoms with Crippen molar-refractivity contribution in [1.29, 1.82) is 0 Å². The summed E-state index contributed by atoms with van der Waals surface area (Å²) in [6.45, 7) is 6.68. The Bertz CT molecular complexity index is 757. The number of ether oxygens (including phenoxy) is 4. The fourth-order valence-corrected chi connectivity index (χ4v) is 2.21. The van der Waals surface area contributed by atoms with Crippen LogP contribution in [-0.2, 0) is 14.3 Å². The van der Waals surface area contributed by atoms with Gasteiger partial charge in [-0.25, -0.2) is 9.59 Å². The number of methoxy groups -OCH3 is 3. The molecule has 0 aliphatic rings. The molecule has 1 rings (SSSR count). The average Bonchev–Trinajstić information content (AvgIpc) is 2.63. The van der Waals surface area contributed by atoms with Crippen molar-refractivity contribution in [2.24, 2.45) is 0 Å². The first-order valence-corrected chi connectivity index (χ1v) is 8.82. The standard InChI is InChI=1S/C20H28N2O7/c1-12(18(24)21-19(25)22-20(2,3)4)29-16(23)9-8-13-10-14(26-5)17(28-7)15(11-13)27-6/h8-12H,1-7H3,(H2,21,22,24,25)/b9-8+. The van der Waals surface area contributed by atoms with Crippen LogP contribution in [0.3, 0.4) is 0 Å². The molecule has 1 unspecified atom stereocenters. The Labute approximate surface area is 170 Å². The van der Waals surface area contributed by atoms with E-state index in [0.29, 0.717) is 22.8 Å². The summed E-state index contributed by atoms with van der Waals surface area (Å²) in [6.07, 6.45) is 1.47. The van der Waals surface area contributed by atoms with E-state index >= 15 is 0 Å². The zero-order chi connectivity index (χ0) is 22.2. The minimum atomic E-state index is -1.15. The van der Waals surface area contributed by atoms with E-state index in [9.17, 15) is 14.4 Å². The van der Waals surface area contributed by atoms with Crippen LogP contribution in [0.4, 0.5) is 4.79 Å². The van der Waals surface area contributed by atoms with Crippen LogP contribution in [0.25, 0.3) is 6.08 Å². The van der Waals surface area contributed by atoms with Gasteiger partial charge in [0.15, 0.2) is 17.6 Å². The van der Waals surface area contributed by atoms with Crippen LogP contribution in [-0.4, -0.2) is 50.9 Å². The summed E-state index contributed by atoms with van der Waals surface area (Å²) < 4.78 is 20.8. The number of amides is 3. The van der Waals surface area contributed by atoms with Crippen molar-refractivity contribution < 1.29 is 33.3 Å². The summed E-state index contributed by atoms with van der Waals surface area (Å²) in [4.78, 5) is 35.7. The minimum Gasteiger partial charge on any atom is -0.493 e. The molecule has 0 heterocycles. The molecule has 1 aromatic rings. The van der Waals surface area contributed by atoms with E-state index in [4.69, 9.17) is 18.9 Å². The van der Waals surface area contributed by atoms with Crippen LogP contribution in [0.15, 0.2) is 18.2 Å². The van der Waals surface area contributed by atoms with Gasteiger partial charge in [-0.2, -0.15) is 0 Å². The van der Waals surface area contributed by atoms with Crippen LogP contribution in [0.5, 0.6) is 17.2 Å². The van der Waals surface area contributed by atoms with E-state index in [1.807, 2.05) is 0 Å². The molecule has 9 heteroatoms. The molecule has 160 valence electrons.